The summed E-state index contributed by atoms with van der Waals surface area (Å²) in [5.41, 5.74) is 3.62. The lowest BCUT2D eigenvalue weighted by Crippen LogP contribution is -2.21. The molecule has 0 aromatic heterocycles. The molecule has 0 aromatic rings. The van der Waals surface area contributed by atoms with Crippen molar-refractivity contribution in [2.24, 2.45) is 5.84 Å². The molecule has 0 rings (SSSR count). The minimum atomic E-state index is 0.949. The van der Waals surface area contributed by atoms with Gasteiger partial charge in [0.15, 0.2) is 0 Å². The maximum atomic E-state index is 5.07. The summed E-state index contributed by atoms with van der Waals surface area (Å²) < 4.78 is 0.949. The Morgan fingerprint density at radius 3 is 2.57 bits per heavy atom. The Balaban J connectivity index is 3.38. The fraction of sp³-hybridized carbons (Fsp3) is 0.500. The fourth-order valence-electron chi connectivity index (χ4n) is 0.199. The molecule has 0 spiro atoms. The lowest BCUT2D eigenvalue weighted by Gasteiger charge is -1.96. The molecule has 0 saturated carbocycles. The number of halogens is 1. The van der Waals surface area contributed by atoms with Crippen molar-refractivity contribution in [3.8, 4) is 0 Å². The van der Waals surface area contributed by atoms with E-state index in [4.69, 9.17) is 5.84 Å². The molecular formula is C4H9IN2. The number of alkyl halides is 1. The van der Waals surface area contributed by atoms with Crippen molar-refractivity contribution in [1.82, 2.24) is 5.43 Å². The van der Waals surface area contributed by atoms with Gasteiger partial charge in [0.05, 0.1) is 0 Å². The average molecular weight is 212 g/mol. The van der Waals surface area contributed by atoms with Crippen LogP contribution in [0.3, 0.4) is 0 Å². The number of hydrazine groups is 1. The predicted octanol–water partition coefficient (Wildman–Crippen LogP) is 0.789. The van der Waals surface area contributed by atoms with Gasteiger partial charge < -0.3 is 5.43 Å². The van der Waals surface area contributed by atoms with Crippen molar-refractivity contribution in [1.29, 1.82) is 0 Å². The Morgan fingerprint density at radius 1 is 2.00 bits per heavy atom. The number of hydrogen-bond acceptors (Lipinski definition) is 2. The maximum absolute atomic E-state index is 5.07. The second-order valence-electron chi connectivity index (χ2n) is 1.09. The highest BCUT2D eigenvalue weighted by Gasteiger charge is 1.82. The molecule has 0 aromatic carbocycles. The van der Waals surface area contributed by atoms with Crippen LogP contribution in [0.25, 0.3) is 0 Å². The number of rotatable bonds is 2. The molecule has 0 amide bonds. The molecule has 42 valence electrons. The minimum Gasteiger partial charge on any atom is -0.328 e. The van der Waals surface area contributed by atoms with E-state index in [1.807, 2.05) is 13.0 Å². The van der Waals surface area contributed by atoms with E-state index in [0.717, 1.165) is 10.1 Å². The first-order chi connectivity index (χ1) is 3.35. The minimum absolute atomic E-state index is 0.949. The molecule has 3 N–H and O–H groups in total. The highest BCUT2D eigenvalue weighted by Crippen LogP contribution is 1.91. The van der Waals surface area contributed by atoms with E-state index in [1.165, 1.54) is 0 Å². The van der Waals surface area contributed by atoms with Crippen LogP contribution in [0.5, 0.6) is 0 Å². The van der Waals surface area contributed by atoms with E-state index in [0.29, 0.717) is 0 Å². The summed E-state index contributed by atoms with van der Waals surface area (Å²) in [4.78, 5) is 0. The second-order valence-corrected chi connectivity index (χ2v) is 1.85. The van der Waals surface area contributed by atoms with Gasteiger partial charge in [0.2, 0.25) is 0 Å². The molecule has 2 nitrogen and oxygen atoms in total. The highest BCUT2D eigenvalue weighted by atomic mass is 127. The number of allylic oxidation sites excluding steroid dienone is 2. The van der Waals surface area contributed by atoms with Crippen LogP contribution in [0.2, 0.25) is 0 Å². The first kappa shape index (κ1) is 7.23. The first-order valence-electron chi connectivity index (χ1n) is 2.03. The van der Waals surface area contributed by atoms with Crippen LogP contribution >= 0.6 is 22.6 Å². The average Bonchev–Trinajstić information content (AvgIpc) is 1.72. The van der Waals surface area contributed by atoms with Crippen LogP contribution in [0, 0.1) is 0 Å². The quantitative estimate of drug-likeness (QED) is 0.307. The summed E-state index contributed by atoms with van der Waals surface area (Å²) in [7, 11) is 0. The standard InChI is InChI=1S/C4H9IN2/c1-2-4(3-5)7-6/h2,7H,3,6H2,1H3. The highest BCUT2D eigenvalue weighted by molar-refractivity contribution is 14.1. The maximum Gasteiger partial charge on any atom is 0.0405 e. The molecule has 0 bridgehead atoms. The molecule has 0 fully saturated rings. The zero-order valence-electron chi connectivity index (χ0n) is 4.24. The van der Waals surface area contributed by atoms with Gasteiger partial charge in [0.25, 0.3) is 0 Å². The summed E-state index contributed by atoms with van der Waals surface area (Å²) in [6.07, 6.45) is 1.95. The normalized spacial score (nSPS) is 11.6. The third kappa shape index (κ3) is 2.87. The van der Waals surface area contributed by atoms with Crippen LogP contribution in [0.4, 0.5) is 0 Å². The van der Waals surface area contributed by atoms with Gasteiger partial charge in [-0.3, -0.25) is 5.84 Å². The van der Waals surface area contributed by atoms with Crippen molar-refractivity contribution in [3.05, 3.63) is 11.8 Å². The van der Waals surface area contributed by atoms with Gasteiger partial charge in [0, 0.05) is 10.1 Å². The van der Waals surface area contributed by atoms with Gasteiger partial charge in [-0.2, -0.15) is 0 Å². The van der Waals surface area contributed by atoms with Crippen molar-refractivity contribution >= 4 is 22.6 Å². The van der Waals surface area contributed by atoms with E-state index in [1.54, 1.807) is 0 Å². The summed E-state index contributed by atoms with van der Waals surface area (Å²) in [5.74, 6) is 5.07. The van der Waals surface area contributed by atoms with Crippen molar-refractivity contribution in [3.63, 3.8) is 0 Å². The predicted molar refractivity (Wildman–Crippen MR) is 40.0 cm³/mol. The Labute approximate surface area is 57.3 Å². The molecule has 3 heteroatoms. The van der Waals surface area contributed by atoms with Crippen molar-refractivity contribution in [2.75, 3.05) is 4.43 Å². The third-order valence-electron chi connectivity index (χ3n) is 0.678. The Hall–Kier alpha value is 0.230. The van der Waals surface area contributed by atoms with E-state index in [-0.39, 0.29) is 0 Å². The molecule has 0 aliphatic rings. The number of hydrogen-bond donors (Lipinski definition) is 2. The SMILES string of the molecule is CC=C(CI)NN. The van der Waals surface area contributed by atoms with Crippen LogP contribution < -0.4 is 11.3 Å². The summed E-state index contributed by atoms with van der Waals surface area (Å²) >= 11 is 2.24. The molecular weight excluding hydrogens is 203 g/mol. The molecule has 0 aliphatic heterocycles. The largest absolute Gasteiger partial charge is 0.328 e. The van der Waals surface area contributed by atoms with E-state index >= 15 is 0 Å². The third-order valence-corrected chi connectivity index (χ3v) is 1.50. The second kappa shape index (κ2) is 4.39. The van der Waals surface area contributed by atoms with Gasteiger partial charge >= 0.3 is 0 Å². The summed E-state index contributed by atoms with van der Waals surface area (Å²) in [5, 5.41) is 0. The first-order valence-corrected chi connectivity index (χ1v) is 3.55. The Kier molecular flexibility index (Phi) is 4.53. The lowest BCUT2D eigenvalue weighted by atomic mass is 10.5. The van der Waals surface area contributed by atoms with Gasteiger partial charge in [-0.25, -0.2) is 0 Å². The Bertz CT molecular complexity index is 64.1. The van der Waals surface area contributed by atoms with Gasteiger partial charge in [-0.15, -0.1) is 0 Å². The molecule has 0 radical (unpaired) electrons. The van der Waals surface area contributed by atoms with E-state index in [2.05, 4.69) is 28.0 Å². The van der Waals surface area contributed by atoms with Crippen LogP contribution in [-0.2, 0) is 0 Å². The summed E-state index contributed by atoms with van der Waals surface area (Å²) in [6, 6.07) is 0. The lowest BCUT2D eigenvalue weighted by molar-refractivity contribution is 0.892. The van der Waals surface area contributed by atoms with Crippen LogP contribution in [-0.4, -0.2) is 4.43 Å². The molecule has 0 saturated heterocycles. The molecule has 0 aliphatic carbocycles. The van der Waals surface area contributed by atoms with Gasteiger partial charge in [-0.1, -0.05) is 28.7 Å². The zero-order chi connectivity index (χ0) is 5.70. The number of nitrogens with two attached hydrogens (primary N) is 1. The van der Waals surface area contributed by atoms with Crippen molar-refractivity contribution in [2.45, 2.75) is 6.92 Å². The van der Waals surface area contributed by atoms with Crippen LogP contribution in [0.15, 0.2) is 11.8 Å². The fourth-order valence-corrected chi connectivity index (χ4v) is 0.860. The summed E-state index contributed by atoms with van der Waals surface area (Å²) in [6.45, 7) is 1.95. The van der Waals surface area contributed by atoms with Gasteiger partial charge in [0.1, 0.15) is 0 Å². The molecule has 0 heterocycles. The number of nitrogens with one attached hydrogen (secondary N) is 1. The molecule has 0 atom stereocenters. The van der Waals surface area contributed by atoms with E-state index < -0.39 is 0 Å². The molecule has 0 unspecified atom stereocenters. The smallest absolute Gasteiger partial charge is 0.0405 e. The Morgan fingerprint density at radius 2 is 2.57 bits per heavy atom. The van der Waals surface area contributed by atoms with Gasteiger partial charge in [-0.05, 0) is 6.92 Å². The van der Waals surface area contributed by atoms with Crippen molar-refractivity contribution < 1.29 is 0 Å². The zero-order valence-corrected chi connectivity index (χ0v) is 6.40. The van der Waals surface area contributed by atoms with Crippen LogP contribution in [0.1, 0.15) is 6.92 Å². The topological polar surface area (TPSA) is 38.0 Å². The molecule has 7 heavy (non-hydrogen) atoms. The van der Waals surface area contributed by atoms with E-state index in [9.17, 15) is 0 Å². The monoisotopic (exact) mass is 212 g/mol.